The van der Waals surface area contributed by atoms with E-state index in [0.29, 0.717) is 13.1 Å². The molecule has 1 atom stereocenters. The first-order chi connectivity index (χ1) is 18.9. The van der Waals surface area contributed by atoms with Crippen LogP contribution in [0.3, 0.4) is 0 Å². The van der Waals surface area contributed by atoms with Gasteiger partial charge < -0.3 is 9.80 Å². The first-order valence-corrected chi connectivity index (χ1v) is 14.6. The van der Waals surface area contributed by atoms with Gasteiger partial charge in [0.15, 0.2) is 0 Å². The van der Waals surface area contributed by atoms with Crippen molar-refractivity contribution in [3.05, 3.63) is 129 Å². The van der Waals surface area contributed by atoms with Crippen molar-refractivity contribution in [2.45, 2.75) is 39.2 Å². The van der Waals surface area contributed by atoms with Gasteiger partial charge in [-0.3, -0.25) is 9.59 Å². The Kier molecular flexibility index (Phi) is 8.27. The van der Waals surface area contributed by atoms with Crippen molar-refractivity contribution in [1.29, 1.82) is 0 Å². The average Bonchev–Trinajstić information content (AvgIpc) is 3.43. The van der Waals surface area contributed by atoms with Crippen molar-refractivity contribution in [3.8, 4) is 0 Å². The van der Waals surface area contributed by atoms with Gasteiger partial charge in [-0.1, -0.05) is 98.8 Å². The van der Waals surface area contributed by atoms with E-state index in [4.69, 9.17) is 0 Å². The minimum absolute atomic E-state index is 0.00558. The van der Waals surface area contributed by atoms with E-state index in [1.54, 1.807) is 16.2 Å². The second-order valence-corrected chi connectivity index (χ2v) is 11.8. The molecule has 5 heteroatoms. The minimum atomic E-state index is -0.462. The summed E-state index contributed by atoms with van der Waals surface area (Å²) in [5.41, 5.74) is 5.41. The van der Waals surface area contributed by atoms with Crippen molar-refractivity contribution >= 4 is 23.2 Å². The van der Waals surface area contributed by atoms with Crippen LogP contribution in [-0.4, -0.2) is 41.2 Å². The summed E-state index contributed by atoms with van der Waals surface area (Å²) in [4.78, 5) is 33.6. The number of carbonyl (C=O) groups is 2. The summed E-state index contributed by atoms with van der Waals surface area (Å²) in [7, 11) is 0. The summed E-state index contributed by atoms with van der Waals surface area (Å²) in [5.74, 6) is -0.272. The van der Waals surface area contributed by atoms with Crippen LogP contribution in [0.1, 0.15) is 58.5 Å². The van der Waals surface area contributed by atoms with Gasteiger partial charge in [0.05, 0.1) is 18.5 Å². The Morgan fingerprint density at radius 3 is 2.10 bits per heavy atom. The molecule has 0 saturated carbocycles. The lowest BCUT2D eigenvalue weighted by Crippen LogP contribution is -2.48. The predicted octanol–water partition coefficient (Wildman–Crippen LogP) is 6.85. The lowest BCUT2D eigenvalue weighted by molar-refractivity contribution is -0.142. The van der Waals surface area contributed by atoms with E-state index in [2.05, 4.69) is 44.4 Å². The molecule has 0 spiro atoms. The fraction of sp³-hybridized carbons (Fsp3) is 0.294. The molecule has 0 fully saturated rings. The molecule has 1 aliphatic heterocycles. The van der Waals surface area contributed by atoms with E-state index in [1.165, 1.54) is 16.0 Å². The van der Waals surface area contributed by atoms with Gasteiger partial charge in [-0.2, -0.15) is 0 Å². The Labute approximate surface area is 235 Å². The zero-order valence-electron chi connectivity index (χ0n) is 22.9. The number of rotatable bonds is 8. The maximum atomic E-state index is 14.3. The summed E-state index contributed by atoms with van der Waals surface area (Å²) in [6.07, 6.45) is 0.843. The molecule has 0 bridgehead atoms. The van der Waals surface area contributed by atoms with Gasteiger partial charge in [0.2, 0.25) is 11.8 Å². The molecular weight excluding hydrogens is 500 g/mol. The highest BCUT2D eigenvalue weighted by Crippen LogP contribution is 2.39. The van der Waals surface area contributed by atoms with Crippen LogP contribution in [0.15, 0.2) is 96.4 Å². The zero-order valence-corrected chi connectivity index (χ0v) is 23.7. The van der Waals surface area contributed by atoms with Gasteiger partial charge in [0.25, 0.3) is 0 Å². The largest absolute Gasteiger partial charge is 0.332 e. The van der Waals surface area contributed by atoms with Gasteiger partial charge in [-0.25, -0.2) is 0 Å². The van der Waals surface area contributed by atoms with Crippen LogP contribution >= 0.6 is 11.3 Å². The molecule has 4 nitrogen and oxygen atoms in total. The third kappa shape index (κ3) is 5.84. The van der Waals surface area contributed by atoms with Gasteiger partial charge in [-0.05, 0) is 58.5 Å². The topological polar surface area (TPSA) is 40.6 Å². The quantitative estimate of drug-likeness (QED) is 0.247. The Bertz CT molecular complexity index is 1370. The third-order valence-corrected chi connectivity index (χ3v) is 8.50. The lowest BCUT2D eigenvalue weighted by atomic mass is 9.89. The van der Waals surface area contributed by atoms with Crippen molar-refractivity contribution < 1.29 is 9.59 Å². The predicted molar refractivity (Wildman–Crippen MR) is 159 cm³/mol. The molecule has 1 aliphatic rings. The van der Waals surface area contributed by atoms with Crippen LogP contribution in [-0.2, 0) is 16.0 Å². The van der Waals surface area contributed by atoms with E-state index in [0.717, 1.165) is 23.1 Å². The van der Waals surface area contributed by atoms with Crippen LogP contribution in [0.4, 0.5) is 0 Å². The number of hydrogen-bond acceptors (Lipinski definition) is 3. The number of aryl methyl sites for hydroxylation is 1. The van der Waals surface area contributed by atoms with Crippen molar-refractivity contribution in [2.24, 2.45) is 5.92 Å². The molecule has 200 valence electrons. The number of thiophene rings is 1. The SMILES string of the molecule is Cc1ccccc1C1c2ccsc2CCN1C(=O)CN(CC(C)C)C(=O)C(c1ccccc1)c1ccccc1. The zero-order chi connectivity index (χ0) is 27.4. The lowest BCUT2D eigenvalue weighted by Gasteiger charge is -2.39. The van der Waals surface area contributed by atoms with Crippen LogP contribution < -0.4 is 0 Å². The van der Waals surface area contributed by atoms with Gasteiger partial charge in [0, 0.05) is 18.0 Å². The molecule has 0 saturated heterocycles. The molecule has 2 amide bonds. The minimum Gasteiger partial charge on any atom is -0.332 e. The Morgan fingerprint density at radius 2 is 1.49 bits per heavy atom. The van der Waals surface area contributed by atoms with Crippen molar-refractivity contribution in [2.75, 3.05) is 19.6 Å². The second-order valence-electron chi connectivity index (χ2n) is 10.8. The molecule has 0 aliphatic carbocycles. The summed E-state index contributed by atoms with van der Waals surface area (Å²) in [6.45, 7) is 7.54. The molecule has 39 heavy (non-hydrogen) atoms. The molecule has 3 aromatic carbocycles. The summed E-state index contributed by atoms with van der Waals surface area (Å²) in [5, 5.41) is 2.13. The van der Waals surface area contributed by atoms with Crippen LogP contribution in [0.2, 0.25) is 0 Å². The van der Waals surface area contributed by atoms with Crippen LogP contribution in [0.25, 0.3) is 0 Å². The number of hydrogen-bond donors (Lipinski definition) is 0. The van der Waals surface area contributed by atoms with E-state index < -0.39 is 5.92 Å². The van der Waals surface area contributed by atoms with E-state index in [9.17, 15) is 9.59 Å². The fourth-order valence-corrected chi connectivity index (χ4v) is 6.60. The standard InChI is InChI=1S/C34H36N2O2S/c1-24(2)22-35(34(38)32(26-13-6-4-7-14-26)27-15-8-5-9-16-27)23-31(37)36-20-18-30-29(19-21-39-30)33(36)28-17-11-10-12-25(28)3/h4-17,19,21,24,32-33H,18,20,22-23H2,1-3H3. The molecule has 1 aromatic heterocycles. The molecule has 2 heterocycles. The Balaban J connectivity index is 1.48. The maximum Gasteiger partial charge on any atom is 0.242 e. The van der Waals surface area contributed by atoms with E-state index >= 15 is 0 Å². The Hall–Kier alpha value is -3.70. The maximum absolute atomic E-state index is 14.3. The monoisotopic (exact) mass is 536 g/mol. The van der Waals surface area contributed by atoms with E-state index in [1.807, 2.05) is 77.7 Å². The van der Waals surface area contributed by atoms with E-state index in [-0.39, 0.29) is 30.3 Å². The molecular formula is C34H36N2O2S. The number of fused-ring (bicyclic) bond motifs is 1. The highest BCUT2D eigenvalue weighted by atomic mass is 32.1. The highest BCUT2D eigenvalue weighted by Gasteiger charge is 2.36. The fourth-order valence-electron chi connectivity index (χ4n) is 5.69. The van der Waals surface area contributed by atoms with Crippen molar-refractivity contribution in [1.82, 2.24) is 9.80 Å². The van der Waals surface area contributed by atoms with Gasteiger partial charge in [-0.15, -0.1) is 11.3 Å². The number of nitrogens with zero attached hydrogens (tertiary/aromatic N) is 2. The van der Waals surface area contributed by atoms with Crippen LogP contribution in [0.5, 0.6) is 0 Å². The van der Waals surface area contributed by atoms with Crippen molar-refractivity contribution in [3.63, 3.8) is 0 Å². The summed E-state index contributed by atoms with van der Waals surface area (Å²) < 4.78 is 0. The molecule has 1 unspecified atom stereocenters. The number of benzene rings is 3. The highest BCUT2D eigenvalue weighted by molar-refractivity contribution is 7.10. The first kappa shape index (κ1) is 26.9. The average molecular weight is 537 g/mol. The van der Waals surface area contributed by atoms with Crippen LogP contribution in [0, 0.1) is 12.8 Å². The van der Waals surface area contributed by atoms with Gasteiger partial charge in [0.1, 0.15) is 0 Å². The first-order valence-electron chi connectivity index (χ1n) is 13.7. The Morgan fingerprint density at radius 1 is 0.872 bits per heavy atom. The normalized spacial score (nSPS) is 14.9. The third-order valence-electron chi connectivity index (χ3n) is 7.51. The summed E-state index contributed by atoms with van der Waals surface area (Å²) in [6, 6.07) is 30.2. The summed E-state index contributed by atoms with van der Waals surface area (Å²) >= 11 is 1.77. The number of carbonyl (C=O) groups excluding carboxylic acids is 2. The molecule has 0 N–H and O–H groups in total. The molecule has 4 aromatic rings. The molecule has 5 rings (SSSR count). The second kappa shape index (κ2) is 12.0. The smallest absolute Gasteiger partial charge is 0.242 e. The van der Waals surface area contributed by atoms with Gasteiger partial charge >= 0.3 is 0 Å². The number of amides is 2. The molecule has 0 radical (unpaired) electrons.